The zero-order valence-corrected chi connectivity index (χ0v) is 13.6. The molecule has 0 radical (unpaired) electrons. The Morgan fingerprint density at radius 3 is 2.00 bits per heavy atom. The summed E-state index contributed by atoms with van der Waals surface area (Å²) in [5.41, 5.74) is -0.205. The molecule has 0 bridgehead atoms. The highest BCUT2D eigenvalue weighted by Gasteiger charge is 2.20. The van der Waals surface area contributed by atoms with Gasteiger partial charge in [-0.3, -0.25) is 0 Å². The molecule has 0 aliphatic carbocycles. The van der Waals surface area contributed by atoms with Crippen LogP contribution in [0.2, 0.25) is 0 Å². The van der Waals surface area contributed by atoms with Crippen molar-refractivity contribution in [3.8, 4) is 0 Å². The number of rotatable bonds is 6. The third-order valence-electron chi connectivity index (χ3n) is 2.29. The highest BCUT2D eigenvalue weighted by molar-refractivity contribution is 6.14. The highest BCUT2D eigenvalue weighted by Crippen LogP contribution is 2.14. The number of benzene rings is 1. The molecule has 0 aliphatic rings. The van der Waals surface area contributed by atoms with Crippen LogP contribution in [0.25, 0.3) is 0 Å². The molecule has 128 valence electrons. The number of nitrogens with one attached hydrogen (secondary N) is 1. The van der Waals surface area contributed by atoms with E-state index < -0.39 is 23.6 Å². The molecule has 0 saturated heterocycles. The van der Waals surface area contributed by atoms with E-state index in [9.17, 15) is 18.4 Å². The smallest absolute Gasteiger partial charge is 0.347 e. The zero-order valence-electron chi connectivity index (χ0n) is 13.6. The lowest BCUT2D eigenvalue weighted by atomic mass is 10.2. The molecule has 1 rings (SSSR count). The van der Waals surface area contributed by atoms with E-state index in [4.69, 9.17) is 9.47 Å². The minimum Gasteiger partial charge on any atom is -0.462 e. The van der Waals surface area contributed by atoms with E-state index in [-0.39, 0.29) is 24.5 Å². The van der Waals surface area contributed by atoms with Crippen molar-refractivity contribution in [3.05, 3.63) is 41.6 Å². The topological polar surface area (TPSA) is 64.6 Å². The lowest BCUT2D eigenvalue weighted by molar-refractivity contribution is -0.146. The van der Waals surface area contributed by atoms with Gasteiger partial charge in [-0.1, -0.05) is 13.8 Å². The van der Waals surface area contributed by atoms with Gasteiger partial charge in [-0.05, 0) is 26.0 Å². The number of carbonyl (C=O) groups excluding carboxylic acids is 2. The summed E-state index contributed by atoms with van der Waals surface area (Å²) in [7, 11) is 0. The lowest BCUT2D eigenvalue weighted by Crippen LogP contribution is -2.19. The molecule has 0 fully saturated rings. The van der Waals surface area contributed by atoms with E-state index in [1.807, 2.05) is 13.8 Å². The van der Waals surface area contributed by atoms with Gasteiger partial charge in [-0.15, -0.1) is 0 Å². The Labute approximate surface area is 134 Å². The first-order chi connectivity index (χ1) is 11.0. The normalized spacial score (nSPS) is 9.13. The molecule has 7 heteroatoms. The van der Waals surface area contributed by atoms with Crippen LogP contribution >= 0.6 is 0 Å². The van der Waals surface area contributed by atoms with Crippen LogP contribution in [-0.4, -0.2) is 25.2 Å². The molecule has 0 spiro atoms. The monoisotopic (exact) mass is 329 g/mol. The van der Waals surface area contributed by atoms with E-state index >= 15 is 0 Å². The summed E-state index contributed by atoms with van der Waals surface area (Å²) in [4.78, 5) is 23.3. The summed E-state index contributed by atoms with van der Waals surface area (Å²) in [6, 6.07) is 3.06. The largest absolute Gasteiger partial charge is 0.462 e. The molecule has 1 aromatic carbocycles. The van der Waals surface area contributed by atoms with Gasteiger partial charge in [0.25, 0.3) is 0 Å². The molecule has 0 saturated carbocycles. The van der Waals surface area contributed by atoms with Gasteiger partial charge in [-0.25, -0.2) is 18.4 Å². The Hall–Kier alpha value is -2.44. The van der Waals surface area contributed by atoms with Crippen LogP contribution < -0.4 is 5.32 Å². The van der Waals surface area contributed by atoms with Crippen molar-refractivity contribution < 1.29 is 27.8 Å². The highest BCUT2D eigenvalue weighted by atomic mass is 19.2. The van der Waals surface area contributed by atoms with Gasteiger partial charge in [0, 0.05) is 18.0 Å². The van der Waals surface area contributed by atoms with Crippen LogP contribution in [0, 0.1) is 11.6 Å². The molecule has 5 nitrogen and oxygen atoms in total. The Bertz CT molecular complexity index is 539. The third-order valence-corrected chi connectivity index (χ3v) is 2.29. The predicted molar refractivity (Wildman–Crippen MR) is 82.7 cm³/mol. The minimum atomic E-state index is -1.05. The van der Waals surface area contributed by atoms with Crippen molar-refractivity contribution in [1.29, 1.82) is 0 Å². The first kappa shape index (κ1) is 20.6. The summed E-state index contributed by atoms with van der Waals surface area (Å²) >= 11 is 0. The number of ether oxygens (including phenoxy) is 2. The fourth-order valence-electron chi connectivity index (χ4n) is 1.36. The molecule has 1 aromatic rings. The quantitative estimate of drug-likeness (QED) is 0.375. The Kier molecular flexibility index (Phi) is 9.99. The average molecular weight is 329 g/mol. The molecule has 1 N–H and O–H groups in total. The van der Waals surface area contributed by atoms with Crippen molar-refractivity contribution in [2.45, 2.75) is 27.7 Å². The van der Waals surface area contributed by atoms with Gasteiger partial charge in [-0.2, -0.15) is 0 Å². The molecule has 0 aromatic heterocycles. The fraction of sp³-hybridized carbons (Fsp3) is 0.375. The van der Waals surface area contributed by atoms with E-state index in [0.717, 1.165) is 18.3 Å². The number of hydrogen-bond acceptors (Lipinski definition) is 5. The molecule has 0 amide bonds. The molecular weight excluding hydrogens is 308 g/mol. The molecule has 0 unspecified atom stereocenters. The molecule has 0 heterocycles. The van der Waals surface area contributed by atoms with Gasteiger partial charge < -0.3 is 14.8 Å². The maximum atomic E-state index is 13.0. The van der Waals surface area contributed by atoms with Crippen molar-refractivity contribution >= 4 is 17.6 Å². The van der Waals surface area contributed by atoms with Crippen LogP contribution in [0.5, 0.6) is 0 Å². The Morgan fingerprint density at radius 2 is 1.57 bits per heavy atom. The van der Waals surface area contributed by atoms with Crippen LogP contribution in [0.1, 0.15) is 27.7 Å². The van der Waals surface area contributed by atoms with Crippen molar-refractivity contribution in [2.75, 3.05) is 18.5 Å². The first-order valence-corrected chi connectivity index (χ1v) is 7.25. The third kappa shape index (κ3) is 6.90. The average Bonchev–Trinajstić information content (AvgIpc) is 2.53. The van der Waals surface area contributed by atoms with Crippen LogP contribution in [0.3, 0.4) is 0 Å². The summed E-state index contributed by atoms with van der Waals surface area (Å²) in [6.07, 6.45) is 1.03. The summed E-state index contributed by atoms with van der Waals surface area (Å²) < 4.78 is 35.3. The summed E-state index contributed by atoms with van der Waals surface area (Å²) in [5.74, 6) is -3.79. The maximum absolute atomic E-state index is 13.0. The van der Waals surface area contributed by atoms with Crippen molar-refractivity contribution in [1.82, 2.24) is 0 Å². The second-order valence-electron chi connectivity index (χ2n) is 3.77. The van der Waals surface area contributed by atoms with Crippen LogP contribution in [-0.2, 0) is 19.1 Å². The Balaban J connectivity index is 0.00000232. The van der Waals surface area contributed by atoms with E-state index in [1.54, 1.807) is 13.8 Å². The summed E-state index contributed by atoms with van der Waals surface area (Å²) in [6.45, 7) is 7.34. The summed E-state index contributed by atoms with van der Waals surface area (Å²) in [5, 5.41) is 2.52. The van der Waals surface area contributed by atoms with Crippen LogP contribution in [0.15, 0.2) is 30.0 Å². The minimum absolute atomic E-state index is 0.0841. The van der Waals surface area contributed by atoms with Gasteiger partial charge in [0.05, 0.1) is 13.2 Å². The van der Waals surface area contributed by atoms with E-state index in [1.165, 1.54) is 6.07 Å². The number of hydrogen-bond donors (Lipinski definition) is 1. The number of anilines is 1. The van der Waals surface area contributed by atoms with Gasteiger partial charge in [0.1, 0.15) is 0 Å². The maximum Gasteiger partial charge on any atom is 0.347 e. The fourth-order valence-corrected chi connectivity index (χ4v) is 1.36. The van der Waals surface area contributed by atoms with Crippen molar-refractivity contribution in [2.24, 2.45) is 0 Å². The number of carbonyl (C=O) groups is 2. The van der Waals surface area contributed by atoms with Gasteiger partial charge >= 0.3 is 11.9 Å². The Morgan fingerprint density at radius 1 is 1.04 bits per heavy atom. The second kappa shape index (κ2) is 11.2. The van der Waals surface area contributed by atoms with E-state index in [2.05, 4.69) is 5.32 Å². The zero-order chi connectivity index (χ0) is 17.8. The first-order valence-electron chi connectivity index (χ1n) is 7.25. The van der Waals surface area contributed by atoms with E-state index in [0.29, 0.717) is 0 Å². The van der Waals surface area contributed by atoms with Crippen LogP contribution in [0.4, 0.5) is 14.5 Å². The molecule has 0 atom stereocenters. The number of esters is 2. The second-order valence-corrected chi connectivity index (χ2v) is 3.77. The van der Waals surface area contributed by atoms with Gasteiger partial charge in [0.15, 0.2) is 17.2 Å². The molecule has 23 heavy (non-hydrogen) atoms. The molecular formula is C16H21F2NO4. The SMILES string of the molecule is CC.CCOC(=O)C(=CNc1ccc(F)c(F)c1)C(=O)OCC. The standard InChI is InChI=1S/C14H15F2NO4.C2H6/c1-3-20-13(18)10(14(19)21-4-2)8-17-9-5-6-11(15)12(16)7-9;1-2/h5-8,17H,3-4H2,1-2H3;1-2H3. The molecule has 0 aliphatic heterocycles. The number of halogens is 2. The lowest BCUT2D eigenvalue weighted by Gasteiger charge is -2.07. The van der Waals surface area contributed by atoms with Gasteiger partial charge in [0.2, 0.25) is 0 Å². The van der Waals surface area contributed by atoms with Crippen molar-refractivity contribution in [3.63, 3.8) is 0 Å². The predicted octanol–water partition coefficient (Wildman–Crippen LogP) is 3.41.